The fourth-order valence-electron chi connectivity index (χ4n) is 2.99. The second-order valence-electron chi connectivity index (χ2n) is 7.01. The number of aromatic nitrogens is 2. The SMILES string of the molecule is CCCn1nc(C(=O)OCC(=O)NCCSc2ccc(C)cc2)c2ccccc2c1=O. The number of benzene rings is 2. The van der Waals surface area contributed by atoms with Gasteiger partial charge in [-0.25, -0.2) is 9.48 Å². The molecule has 0 aliphatic carbocycles. The fraction of sp³-hybridized carbons (Fsp3) is 0.304. The van der Waals surface area contributed by atoms with Crippen molar-refractivity contribution in [2.45, 2.75) is 31.7 Å². The minimum atomic E-state index is -0.731. The summed E-state index contributed by atoms with van der Waals surface area (Å²) < 4.78 is 6.43. The number of rotatable bonds is 9. The minimum absolute atomic E-state index is 0.0337. The van der Waals surface area contributed by atoms with Crippen LogP contribution in [0.3, 0.4) is 0 Å². The molecule has 0 saturated heterocycles. The smallest absolute Gasteiger partial charge is 0.359 e. The Balaban J connectivity index is 1.56. The number of esters is 1. The number of hydrogen-bond donors (Lipinski definition) is 1. The summed E-state index contributed by atoms with van der Waals surface area (Å²) in [7, 11) is 0. The molecule has 2 aromatic carbocycles. The topological polar surface area (TPSA) is 90.3 Å². The van der Waals surface area contributed by atoms with Gasteiger partial charge in [0.25, 0.3) is 11.5 Å². The number of carbonyl (C=O) groups is 2. The first kappa shape index (κ1) is 22.6. The summed E-state index contributed by atoms with van der Waals surface area (Å²) in [5.74, 6) is -0.411. The van der Waals surface area contributed by atoms with E-state index in [1.807, 2.05) is 38.1 Å². The molecule has 162 valence electrons. The van der Waals surface area contributed by atoms with E-state index in [0.29, 0.717) is 36.0 Å². The molecule has 0 aliphatic heterocycles. The van der Waals surface area contributed by atoms with Crippen molar-refractivity contribution < 1.29 is 14.3 Å². The first-order valence-electron chi connectivity index (χ1n) is 10.1. The Kier molecular flexibility index (Phi) is 7.83. The number of nitrogens with zero attached hydrogens (tertiary/aromatic N) is 2. The molecule has 0 spiro atoms. The van der Waals surface area contributed by atoms with Crippen molar-refractivity contribution in [3.63, 3.8) is 0 Å². The van der Waals surface area contributed by atoms with Crippen molar-refractivity contribution in [2.24, 2.45) is 0 Å². The number of carbonyl (C=O) groups excluding carboxylic acids is 2. The third-order valence-electron chi connectivity index (χ3n) is 4.54. The quantitative estimate of drug-likeness (QED) is 0.313. The molecular weight excluding hydrogens is 414 g/mol. The van der Waals surface area contributed by atoms with Crippen molar-refractivity contribution >= 4 is 34.4 Å². The highest BCUT2D eigenvalue weighted by molar-refractivity contribution is 7.99. The van der Waals surface area contributed by atoms with E-state index >= 15 is 0 Å². The fourth-order valence-corrected chi connectivity index (χ4v) is 3.76. The molecule has 3 aromatic rings. The van der Waals surface area contributed by atoms with Gasteiger partial charge in [-0.2, -0.15) is 5.10 Å². The molecule has 0 saturated carbocycles. The third kappa shape index (κ3) is 5.95. The van der Waals surface area contributed by atoms with E-state index in [-0.39, 0.29) is 17.2 Å². The highest BCUT2D eigenvalue weighted by atomic mass is 32.2. The van der Waals surface area contributed by atoms with Crippen molar-refractivity contribution in [3.8, 4) is 0 Å². The number of hydrogen-bond acceptors (Lipinski definition) is 6. The summed E-state index contributed by atoms with van der Waals surface area (Å²) in [5, 5.41) is 7.73. The maximum Gasteiger partial charge on any atom is 0.359 e. The van der Waals surface area contributed by atoms with Gasteiger partial charge >= 0.3 is 5.97 Å². The van der Waals surface area contributed by atoms with Crippen molar-refractivity contribution in [2.75, 3.05) is 18.9 Å². The highest BCUT2D eigenvalue weighted by Crippen LogP contribution is 2.17. The van der Waals surface area contributed by atoms with Crippen LogP contribution in [0.25, 0.3) is 10.8 Å². The van der Waals surface area contributed by atoms with Crippen LogP contribution in [0.15, 0.2) is 58.2 Å². The van der Waals surface area contributed by atoms with Gasteiger partial charge in [-0.3, -0.25) is 9.59 Å². The van der Waals surface area contributed by atoms with Crippen molar-refractivity contribution in [3.05, 3.63) is 70.1 Å². The summed E-state index contributed by atoms with van der Waals surface area (Å²) in [4.78, 5) is 38.3. The molecule has 8 heteroatoms. The Hall–Kier alpha value is -3.13. The zero-order valence-corrected chi connectivity index (χ0v) is 18.4. The van der Waals surface area contributed by atoms with Crippen molar-refractivity contribution in [1.82, 2.24) is 15.1 Å². The molecule has 31 heavy (non-hydrogen) atoms. The summed E-state index contributed by atoms with van der Waals surface area (Å²) >= 11 is 1.64. The molecule has 1 amide bonds. The van der Waals surface area contributed by atoms with Crippen LogP contribution in [0.5, 0.6) is 0 Å². The zero-order valence-electron chi connectivity index (χ0n) is 17.6. The van der Waals surface area contributed by atoms with E-state index in [2.05, 4.69) is 10.4 Å². The Morgan fingerprint density at radius 2 is 1.81 bits per heavy atom. The lowest BCUT2D eigenvalue weighted by molar-refractivity contribution is -0.124. The van der Waals surface area contributed by atoms with E-state index in [1.54, 1.807) is 36.0 Å². The molecule has 7 nitrogen and oxygen atoms in total. The lowest BCUT2D eigenvalue weighted by atomic mass is 10.1. The maximum atomic E-state index is 12.6. The van der Waals surface area contributed by atoms with E-state index in [0.717, 1.165) is 4.90 Å². The average molecular weight is 440 g/mol. The predicted octanol–water partition coefficient (Wildman–Crippen LogP) is 3.18. The first-order valence-corrected chi connectivity index (χ1v) is 11.1. The number of amides is 1. The average Bonchev–Trinajstić information content (AvgIpc) is 2.78. The van der Waals surface area contributed by atoms with Crippen LogP contribution in [0.4, 0.5) is 0 Å². The third-order valence-corrected chi connectivity index (χ3v) is 5.56. The lowest BCUT2D eigenvalue weighted by Crippen LogP contribution is -2.31. The van der Waals surface area contributed by atoms with Gasteiger partial charge in [-0.15, -0.1) is 11.8 Å². The molecule has 0 unspecified atom stereocenters. The number of nitrogens with one attached hydrogen (secondary N) is 1. The lowest BCUT2D eigenvalue weighted by Gasteiger charge is -2.10. The van der Waals surface area contributed by atoms with Gasteiger partial charge < -0.3 is 10.1 Å². The standard InChI is InChI=1S/C23H25N3O4S/c1-3-13-26-22(28)19-7-5-4-6-18(19)21(25-26)23(29)30-15-20(27)24-12-14-31-17-10-8-16(2)9-11-17/h4-11H,3,12-15H2,1-2H3,(H,24,27). The molecule has 1 N–H and O–H groups in total. The summed E-state index contributed by atoms with van der Waals surface area (Å²) in [5.41, 5.74) is 0.982. The Morgan fingerprint density at radius 3 is 2.52 bits per heavy atom. The van der Waals surface area contributed by atoms with Gasteiger partial charge in [0, 0.05) is 29.1 Å². The Labute approximate surface area is 184 Å². The Morgan fingerprint density at radius 1 is 1.10 bits per heavy atom. The predicted molar refractivity (Wildman–Crippen MR) is 121 cm³/mol. The summed E-state index contributed by atoms with van der Waals surface area (Å²) in [6.45, 7) is 4.40. The van der Waals surface area contributed by atoms with Crippen LogP contribution in [-0.4, -0.2) is 40.6 Å². The van der Waals surface area contributed by atoms with Gasteiger partial charge in [0.2, 0.25) is 0 Å². The molecule has 1 heterocycles. The highest BCUT2D eigenvalue weighted by Gasteiger charge is 2.18. The Bertz CT molecular complexity index is 1130. The van der Waals surface area contributed by atoms with Crippen LogP contribution in [0, 0.1) is 6.92 Å². The van der Waals surface area contributed by atoms with Crippen LogP contribution in [0.1, 0.15) is 29.4 Å². The van der Waals surface area contributed by atoms with Gasteiger partial charge in [0.15, 0.2) is 12.3 Å². The van der Waals surface area contributed by atoms with Crippen LogP contribution < -0.4 is 10.9 Å². The molecule has 0 atom stereocenters. The molecule has 1 aromatic heterocycles. The van der Waals surface area contributed by atoms with Crippen LogP contribution in [-0.2, 0) is 16.1 Å². The second kappa shape index (κ2) is 10.8. The van der Waals surface area contributed by atoms with E-state index in [4.69, 9.17) is 4.74 Å². The van der Waals surface area contributed by atoms with E-state index in [1.165, 1.54) is 10.2 Å². The molecule has 0 bridgehead atoms. The maximum absolute atomic E-state index is 12.6. The summed E-state index contributed by atoms with van der Waals surface area (Å²) in [6.07, 6.45) is 0.697. The molecule has 0 radical (unpaired) electrons. The number of aryl methyl sites for hydroxylation is 2. The van der Waals surface area contributed by atoms with E-state index < -0.39 is 12.6 Å². The monoisotopic (exact) mass is 439 g/mol. The number of thioether (sulfide) groups is 1. The van der Waals surface area contributed by atoms with Crippen LogP contribution in [0.2, 0.25) is 0 Å². The normalized spacial score (nSPS) is 10.8. The second-order valence-corrected chi connectivity index (χ2v) is 8.18. The molecular formula is C23H25N3O4S. The molecule has 0 aliphatic rings. The number of fused-ring (bicyclic) bond motifs is 1. The molecule has 0 fully saturated rings. The number of ether oxygens (including phenoxy) is 1. The van der Waals surface area contributed by atoms with Crippen LogP contribution >= 0.6 is 11.8 Å². The first-order chi connectivity index (χ1) is 15.0. The largest absolute Gasteiger partial charge is 0.451 e. The summed E-state index contributed by atoms with van der Waals surface area (Å²) in [6, 6.07) is 14.9. The van der Waals surface area contributed by atoms with Gasteiger partial charge in [0.05, 0.1) is 5.39 Å². The van der Waals surface area contributed by atoms with E-state index in [9.17, 15) is 14.4 Å². The van der Waals surface area contributed by atoms with Gasteiger partial charge in [-0.05, 0) is 31.5 Å². The van der Waals surface area contributed by atoms with Crippen molar-refractivity contribution in [1.29, 1.82) is 0 Å². The zero-order chi connectivity index (χ0) is 22.2. The van der Waals surface area contributed by atoms with Gasteiger partial charge in [0.1, 0.15) is 0 Å². The molecule has 3 rings (SSSR count). The van der Waals surface area contributed by atoms with Gasteiger partial charge in [-0.1, -0.05) is 42.8 Å². The minimum Gasteiger partial charge on any atom is -0.451 e.